The van der Waals surface area contributed by atoms with E-state index < -0.39 is 0 Å². The van der Waals surface area contributed by atoms with Gasteiger partial charge in [0.25, 0.3) is 0 Å². The average molecular weight is 465 g/mol. The van der Waals surface area contributed by atoms with E-state index in [-0.39, 0.29) is 5.82 Å². The van der Waals surface area contributed by atoms with E-state index in [2.05, 4.69) is 48.4 Å². The van der Waals surface area contributed by atoms with Crippen LogP contribution in [0.2, 0.25) is 0 Å². The molecule has 0 fully saturated rings. The number of fused-ring (bicyclic) bond motifs is 2. The number of benzene rings is 1. The molecule has 5 heterocycles. The summed E-state index contributed by atoms with van der Waals surface area (Å²) in [4.78, 5) is 21.6. The molecule has 9 heteroatoms. The zero-order chi connectivity index (χ0) is 23.8. The molecule has 0 saturated heterocycles. The van der Waals surface area contributed by atoms with Crippen LogP contribution < -0.4 is 5.32 Å². The van der Waals surface area contributed by atoms with Crippen LogP contribution in [0.1, 0.15) is 12.5 Å². The molecule has 0 spiro atoms. The van der Waals surface area contributed by atoms with Crippen molar-refractivity contribution in [3.05, 3.63) is 78.5 Å². The number of H-pyrrole nitrogens is 2. The monoisotopic (exact) mass is 464 g/mol. The van der Waals surface area contributed by atoms with Gasteiger partial charge in [-0.05, 0) is 54.1 Å². The van der Waals surface area contributed by atoms with Crippen LogP contribution in [0.5, 0.6) is 0 Å². The first kappa shape index (κ1) is 21.1. The summed E-state index contributed by atoms with van der Waals surface area (Å²) < 4.78 is 13.8. The van der Waals surface area contributed by atoms with E-state index in [1.165, 1.54) is 12.1 Å². The standard InChI is InChI=1S/C26H21FN8/c1-2-28-12-15-10-17(14-29-13-15)20-6-7-21-23(31-20)24(35-34-21)26-32-22-19(8-9-30-25(22)33-26)16-4-3-5-18(27)11-16/h3-11,13-14,28H,2,12H2,1H3,(H,34,35)(H,30,32,33). The SMILES string of the molecule is CCNCc1cncc(-c2ccc3[nH]nc(-c4nc5nccc(-c6cccc(F)c6)c5[nH]4)c3n2)c1. The predicted molar refractivity (Wildman–Crippen MR) is 133 cm³/mol. The van der Waals surface area contributed by atoms with Crippen molar-refractivity contribution < 1.29 is 4.39 Å². The van der Waals surface area contributed by atoms with Gasteiger partial charge in [0.05, 0.1) is 16.7 Å². The molecule has 35 heavy (non-hydrogen) atoms. The Balaban J connectivity index is 1.44. The van der Waals surface area contributed by atoms with Crippen LogP contribution in [0.15, 0.2) is 67.1 Å². The number of pyridine rings is 3. The van der Waals surface area contributed by atoms with Gasteiger partial charge in [0.2, 0.25) is 0 Å². The van der Waals surface area contributed by atoms with Crippen molar-refractivity contribution in [2.75, 3.05) is 6.54 Å². The van der Waals surface area contributed by atoms with Crippen LogP contribution in [0.4, 0.5) is 4.39 Å². The Hall–Kier alpha value is -4.50. The second kappa shape index (κ2) is 8.69. The van der Waals surface area contributed by atoms with Crippen LogP contribution in [0.3, 0.4) is 0 Å². The molecule has 0 radical (unpaired) electrons. The van der Waals surface area contributed by atoms with Gasteiger partial charge in [-0.25, -0.2) is 19.3 Å². The van der Waals surface area contributed by atoms with Crippen molar-refractivity contribution in [2.45, 2.75) is 13.5 Å². The Labute approximate surface area is 199 Å². The van der Waals surface area contributed by atoms with Crippen molar-refractivity contribution in [2.24, 2.45) is 0 Å². The highest BCUT2D eigenvalue weighted by Gasteiger charge is 2.17. The molecule has 0 unspecified atom stereocenters. The smallest absolute Gasteiger partial charge is 0.178 e. The fraction of sp³-hybridized carbons (Fsp3) is 0.115. The van der Waals surface area contributed by atoms with Crippen molar-refractivity contribution in [1.82, 2.24) is 40.4 Å². The zero-order valence-electron chi connectivity index (χ0n) is 18.9. The number of hydrogen-bond acceptors (Lipinski definition) is 6. The van der Waals surface area contributed by atoms with Gasteiger partial charge in [-0.15, -0.1) is 0 Å². The second-order valence-corrected chi connectivity index (χ2v) is 8.18. The van der Waals surface area contributed by atoms with Gasteiger partial charge in [0, 0.05) is 36.3 Å². The third kappa shape index (κ3) is 3.91. The number of halogens is 1. The van der Waals surface area contributed by atoms with Gasteiger partial charge in [-0.2, -0.15) is 5.10 Å². The molecule has 0 atom stereocenters. The summed E-state index contributed by atoms with van der Waals surface area (Å²) in [6.45, 7) is 3.71. The fourth-order valence-electron chi connectivity index (χ4n) is 4.14. The zero-order valence-corrected chi connectivity index (χ0v) is 18.9. The molecule has 5 aromatic heterocycles. The molecular formula is C26H21FN8. The molecule has 6 rings (SSSR count). The lowest BCUT2D eigenvalue weighted by molar-refractivity contribution is 0.628. The van der Waals surface area contributed by atoms with Crippen LogP contribution in [0.25, 0.3) is 56.1 Å². The first-order chi connectivity index (χ1) is 17.2. The van der Waals surface area contributed by atoms with E-state index in [0.717, 1.165) is 46.6 Å². The van der Waals surface area contributed by atoms with Crippen molar-refractivity contribution in [1.29, 1.82) is 0 Å². The summed E-state index contributed by atoms with van der Waals surface area (Å²) in [5.41, 5.74) is 7.65. The Morgan fingerprint density at radius 2 is 1.94 bits per heavy atom. The molecule has 172 valence electrons. The maximum atomic E-state index is 13.8. The molecule has 3 N–H and O–H groups in total. The Bertz CT molecular complexity index is 1670. The summed E-state index contributed by atoms with van der Waals surface area (Å²) in [6.07, 6.45) is 5.32. The number of imidazole rings is 1. The van der Waals surface area contributed by atoms with Gasteiger partial charge >= 0.3 is 0 Å². The average Bonchev–Trinajstić information content (AvgIpc) is 3.51. The Morgan fingerprint density at radius 3 is 2.83 bits per heavy atom. The largest absolute Gasteiger partial charge is 0.335 e. The molecule has 0 bridgehead atoms. The normalized spacial score (nSPS) is 11.5. The predicted octanol–water partition coefficient (Wildman–Crippen LogP) is 4.87. The molecule has 1 aromatic carbocycles. The van der Waals surface area contributed by atoms with E-state index in [1.807, 2.05) is 30.5 Å². The third-order valence-electron chi connectivity index (χ3n) is 5.83. The van der Waals surface area contributed by atoms with Crippen LogP contribution in [-0.4, -0.2) is 41.7 Å². The van der Waals surface area contributed by atoms with Crippen molar-refractivity contribution in [3.63, 3.8) is 0 Å². The van der Waals surface area contributed by atoms with Crippen LogP contribution in [-0.2, 0) is 6.54 Å². The molecule has 8 nitrogen and oxygen atoms in total. The number of nitrogens with one attached hydrogen (secondary N) is 3. The highest BCUT2D eigenvalue weighted by Crippen LogP contribution is 2.31. The maximum absolute atomic E-state index is 13.8. The summed E-state index contributed by atoms with van der Waals surface area (Å²) in [5.74, 6) is 0.234. The maximum Gasteiger partial charge on any atom is 0.178 e. The lowest BCUT2D eigenvalue weighted by Gasteiger charge is -2.05. The minimum Gasteiger partial charge on any atom is -0.335 e. The first-order valence-corrected chi connectivity index (χ1v) is 11.3. The third-order valence-corrected chi connectivity index (χ3v) is 5.83. The summed E-state index contributed by atoms with van der Waals surface area (Å²) in [6, 6.07) is 14.3. The van der Waals surface area contributed by atoms with Crippen LogP contribution >= 0.6 is 0 Å². The molecule has 0 aliphatic rings. The molecule has 0 aliphatic carbocycles. The van der Waals surface area contributed by atoms with E-state index in [0.29, 0.717) is 28.2 Å². The minimum atomic E-state index is -0.300. The molecule has 0 saturated carbocycles. The van der Waals surface area contributed by atoms with Gasteiger partial charge in [-0.1, -0.05) is 19.1 Å². The number of hydrogen-bond donors (Lipinski definition) is 3. The molecule has 0 amide bonds. The number of aromatic amines is 2. The van der Waals surface area contributed by atoms with Crippen molar-refractivity contribution >= 4 is 22.2 Å². The lowest BCUT2D eigenvalue weighted by Crippen LogP contribution is -2.11. The highest BCUT2D eigenvalue weighted by atomic mass is 19.1. The molecule has 0 aliphatic heterocycles. The van der Waals surface area contributed by atoms with Gasteiger partial charge in [0.15, 0.2) is 17.2 Å². The number of rotatable bonds is 6. The van der Waals surface area contributed by atoms with Gasteiger partial charge in [0.1, 0.15) is 11.3 Å². The van der Waals surface area contributed by atoms with E-state index in [1.54, 1.807) is 18.5 Å². The summed E-state index contributed by atoms with van der Waals surface area (Å²) in [7, 11) is 0. The number of nitrogens with zero attached hydrogens (tertiary/aromatic N) is 5. The van der Waals surface area contributed by atoms with Gasteiger partial charge in [-0.3, -0.25) is 10.1 Å². The first-order valence-electron chi connectivity index (χ1n) is 11.3. The summed E-state index contributed by atoms with van der Waals surface area (Å²) >= 11 is 0. The Morgan fingerprint density at radius 1 is 1.00 bits per heavy atom. The number of aromatic nitrogens is 7. The highest BCUT2D eigenvalue weighted by molar-refractivity contribution is 5.94. The topological polar surface area (TPSA) is 108 Å². The fourth-order valence-corrected chi connectivity index (χ4v) is 4.14. The van der Waals surface area contributed by atoms with Crippen molar-refractivity contribution in [3.8, 4) is 33.9 Å². The summed E-state index contributed by atoms with van der Waals surface area (Å²) in [5, 5.41) is 10.8. The van der Waals surface area contributed by atoms with E-state index in [4.69, 9.17) is 4.98 Å². The quantitative estimate of drug-likeness (QED) is 0.324. The van der Waals surface area contributed by atoms with E-state index in [9.17, 15) is 4.39 Å². The Kier molecular flexibility index (Phi) is 5.23. The minimum absolute atomic E-state index is 0.300. The molecule has 6 aromatic rings. The second-order valence-electron chi connectivity index (χ2n) is 8.18. The van der Waals surface area contributed by atoms with Crippen LogP contribution in [0, 0.1) is 5.82 Å². The van der Waals surface area contributed by atoms with Gasteiger partial charge < -0.3 is 10.3 Å². The molecular weight excluding hydrogens is 443 g/mol. The van der Waals surface area contributed by atoms with E-state index >= 15 is 0 Å². The lowest BCUT2D eigenvalue weighted by atomic mass is 10.1.